The monoisotopic (exact) mass is 358 g/mol. The summed E-state index contributed by atoms with van der Waals surface area (Å²) in [5.74, 6) is 1.21. The maximum atomic E-state index is 14.3. The van der Waals surface area contributed by atoms with Gasteiger partial charge in [-0.15, -0.1) is 11.8 Å². The lowest BCUT2D eigenvalue weighted by Crippen LogP contribution is -2.08. The van der Waals surface area contributed by atoms with Crippen molar-refractivity contribution in [1.29, 1.82) is 0 Å². The van der Waals surface area contributed by atoms with Crippen LogP contribution in [0.4, 0.5) is 16.2 Å². The fraction of sp³-hybridized carbons (Fsp3) is 0.294. The Morgan fingerprint density at radius 3 is 2.56 bits per heavy atom. The molecule has 8 heteroatoms. The Labute approximate surface area is 150 Å². The average molecular weight is 358 g/mol. The fourth-order valence-corrected chi connectivity index (χ4v) is 2.94. The van der Waals surface area contributed by atoms with Gasteiger partial charge in [0.2, 0.25) is 5.95 Å². The number of rotatable bonds is 5. The van der Waals surface area contributed by atoms with Gasteiger partial charge in [0, 0.05) is 17.1 Å². The highest BCUT2D eigenvalue weighted by atomic mass is 32.2. The van der Waals surface area contributed by atoms with Crippen LogP contribution in [-0.2, 0) is 0 Å². The molecule has 3 aromatic rings. The molecule has 6 nitrogen and oxygen atoms in total. The Balaban J connectivity index is 1.95. The predicted octanol–water partition coefficient (Wildman–Crippen LogP) is 4.23. The van der Waals surface area contributed by atoms with Gasteiger partial charge >= 0.3 is 0 Å². The standard InChI is InChI=1S/C17H19FN6S/c1-10(2)24-11(3)19-9-14(24)16-13(18)8-21-17(23-16)22-15-6-5-12(25-4)7-20-15/h5-10H,1-4H3,(H,20,21,22,23). The van der Waals surface area contributed by atoms with Gasteiger partial charge in [0.1, 0.15) is 17.3 Å². The number of hydrogen-bond acceptors (Lipinski definition) is 6. The highest BCUT2D eigenvalue weighted by molar-refractivity contribution is 7.98. The molecule has 0 aromatic carbocycles. The Kier molecular flexibility index (Phi) is 4.98. The van der Waals surface area contributed by atoms with Crippen molar-refractivity contribution in [3.8, 4) is 11.4 Å². The second-order valence-electron chi connectivity index (χ2n) is 5.75. The number of hydrogen-bond donors (Lipinski definition) is 1. The second-order valence-corrected chi connectivity index (χ2v) is 6.63. The van der Waals surface area contributed by atoms with E-state index in [1.807, 2.05) is 43.7 Å². The van der Waals surface area contributed by atoms with Crippen LogP contribution in [0.2, 0.25) is 0 Å². The first-order valence-electron chi connectivity index (χ1n) is 7.83. The van der Waals surface area contributed by atoms with Gasteiger partial charge in [-0.25, -0.2) is 24.3 Å². The van der Waals surface area contributed by atoms with Gasteiger partial charge in [-0.3, -0.25) is 0 Å². The smallest absolute Gasteiger partial charge is 0.229 e. The van der Waals surface area contributed by atoms with Gasteiger partial charge in [0.15, 0.2) is 5.82 Å². The molecule has 1 N–H and O–H groups in total. The van der Waals surface area contributed by atoms with E-state index in [1.165, 1.54) is 0 Å². The van der Waals surface area contributed by atoms with E-state index in [2.05, 4.69) is 25.3 Å². The van der Waals surface area contributed by atoms with Gasteiger partial charge in [-0.05, 0) is 39.2 Å². The van der Waals surface area contributed by atoms with E-state index < -0.39 is 5.82 Å². The summed E-state index contributed by atoms with van der Waals surface area (Å²) in [4.78, 5) is 18.0. The molecule has 0 radical (unpaired) electrons. The van der Waals surface area contributed by atoms with Crippen LogP contribution in [-0.4, -0.2) is 30.8 Å². The summed E-state index contributed by atoms with van der Waals surface area (Å²) in [6, 6.07) is 3.92. The molecule has 0 saturated carbocycles. The number of pyridine rings is 1. The summed E-state index contributed by atoms with van der Waals surface area (Å²) < 4.78 is 16.3. The molecular weight excluding hydrogens is 339 g/mol. The zero-order valence-electron chi connectivity index (χ0n) is 14.5. The van der Waals surface area contributed by atoms with E-state index in [1.54, 1.807) is 24.2 Å². The molecule has 0 aliphatic carbocycles. The Bertz CT molecular complexity index is 875. The largest absolute Gasteiger partial charge is 0.324 e. The topological polar surface area (TPSA) is 68.5 Å². The first-order valence-corrected chi connectivity index (χ1v) is 9.06. The molecule has 0 fully saturated rings. The lowest BCUT2D eigenvalue weighted by molar-refractivity contribution is 0.578. The summed E-state index contributed by atoms with van der Waals surface area (Å²) in [6.07, 6.45) is 6.54. The SMILES string of the molecule is CSc1ccc(Nc2ncc(F)c(-c3cnc(C)n3C(C)C)n2)nc1. The van der Waals surface area contributed by atoms with Crippen LogP contribution in [0.5, 0.6) is 0 Å². The molecule has 130 valence electrons. The Hall–Kier alpha value is -2.48. The first-order chi connectivity index (χ1) is 12.0. The predicted molar refractivity (Wildman–Crippen MR) is 97.6 cm³/mol. The maximum Gasteiger partial charge on any atom is 0.229 e. The van der Waals surface area contributed by atoms with Crippen LogP contribution in [0, 0.1) is 12.7 Å². The average Bonchev–Trinajstić information content (AvgIpc) is 2.99. The number of aromatic nitrogens is 5. The molecule has 0 amide bonds. The van der Waals surface area contributed by atoms with Gasteiger partial charge in [0.25, 0.3) is 0 Å². The lowest BCUT2D eigenvalue weighted by Gasteiger charge is -2.14. The molecule has 0 bridgehead atoms. The normalized spacial score (nSPS) is 11.1. The van der Waals surface area contributed by atoms with E-state index in [0.717, 1.165) is 16.9 Å². The number of nitrogens with zero attached hydrogens (tertiary/aromatic N) is 5. The van der Waals surface area contributed by atoms with Crippen LogP contribution in [0.25, 0.3) is 11.4 Å². The zero-order chi connectivity index (χ0) is 18.0. The maximum absolute atomic E-state index is 14.3. The van der Waals surface area contributed by atoms with Crippen molar-refractivity contribution in [1.82, 2.24) is 24.5 Å². The van der Waals surface area contributed by atoms with Crippen LogP contribution in [0.3, 0.4) is 0 Å². The molecule has 0 atom stereocenters. The third-order valence-corrected chi connectivity index (χ3v) is 4.41. The van der Waals surface area contributed by atoms with E-state index in [9.17, 15) is 4.39 Å². The van der Waals surface area contributed by atoms with Gasteiger partial charge in [0.05, 0.1) is 18.1 Å². The number of nitrogens with one attached hydrogen (secondary N) is 1. The minimum atomic E-state index is -0.488. The van der Waals surface area contributed by atoms with Gasteiger partial charge in [-0.1, -0.05) is 0 Å². The van der Waals surface area contributed by atoms with Crippen molar-refractivity contribution in [2.24, 2.45) is 0 Å². The van der Waals surface area contributed by atoms with Crippen molar-refractivity contribution in [2.45, 2.75) is 31.7 Å². The third kappa shape index (κ3) is 3.63. The number of imidazole rings is 1. The molecule has 0 spiro atoms. The number of halogens is 1. The molecule has 3 heterocycles. The highest BCUT2D eigenvalue weighted by Crippen LogP contribution is 2.26. The fourth-order valence-electron chi connectivity index (χ4n) is 2.58. The molecule has 0 unspecified atom stereocenters. The quantitative estimate of drug-likeness (QED) is 0.689. The molecule has 0 aliphatic rings. The molecule has 3 rings (SSSR count). The van der Waals surface area contributed by atoms with Crippen LogP contribution in [0.15, 0.2) is 35.6 Å². The minimum absolute atomic E-state index is 0.143. The second kappa shape index (κ2) is 7.18. The van der Waals surface area contributed by atoms with Crippen molar-refractivity contribution < 1.29 is 4.39 Å². The number of thioether (sulfide) groups is 1. The summed E-state index contributed by atoms with van der Waals surface area (Å²) in [5, 5.41) is 3.01. The van der Waals surface area contributed by atoms with E-state index >= 15 is 0 Å². The minimum Gasteiger partial charge on any atom is -0.324 e. The number of anilines is 2. The molecule has 0 saturated heterocycles. The Morgan fingerprint density at radius 2 is 1.92 bits per heavy atom. The van der Waals surface area contributed by atoms with E-state index in [-0.39, 0.29) is 17.7 Å². The van der Waals surface area contributed by atoms with Crippen molar-refractivity contribution in [3.05, 3.63) is 42.4 Å². The molecule has 25 heavy (non-hydrogen) atoms. The van der Waals surface area contributed by atoms with Crippen molar-refractivity contribution >= 4 is 23.5 Å². The lowest BCUT2D eigenvalue weighted by atomic mass is 10.2. The van der Waals surface area contributed by atoms with Crippen LogP contribution in [0.1, 0.15) is 25.7 Å². The Morgan fingerprint density at radius 1 is 1.12 bits per heavy atom. The van der Waals surface area contributed by atoms with Crippen molar-refractivity contribution in [2.75, 3.05) is 11.6 Å². The molecular formula is C17H19FN6S. The van der Waals surface area contributed by atoms with Crippen molar-refractivity contribution in [3.63, 3.8) is 0 Å². The van der Waals surface area contributed by atoms with Crippen LogP contribution >= 0.6 is 11.8 Å². The summed E-state index contributed by atoms with van der Waals surface area (Å²) >= 11 is 1.61. The summed E-state index contributed by atoms with van der Waals surface area (Å²) in [6.45, 7) is 5.93. The van der Waals surface area contributed by atoms with E-state index in [0.29, 0.717) is 11.5 Å². The third-order valence-electron chi connectivity index (χ3n) is 3.70. The molecule has 3 aromatic heterocycles. The summed E-state index contributed by atoms with van der Waals surface area (Å²) in [5.41, 5.74) is 0.841. The van der Waals surface area contributed by atoms with Crippen LogP contribution < -0.4 is 5.32 Å². The van der Waals surface area contributed by atoms with Gasteiger partial charge < -0.3 is 9.88 Å². The zero-order valence-corrected chi connectivity index (χ0v) is 15.3. The van der Waals surface area contributed by atoms with E-state index in [4.69, 9.17) is 0 Å². The van der Waals surface area contributed by atoms with Gasteiger partial charge in [-0.2, -0.15) is 0 Å². The first kappa shape index (κ1) is 17.3. The number of aryl methyl sites for hydroxylation is 1. The highest BCUT2D eigenvalue weighted by Gasteiger charge is 2.17. The molecule has 0 aliphatic heterocycles. The summed E-state index contributed by atoms with van der Waals surface area (Å²) in [7, 11) is 0.